The molecule has 2 N–H and O–H groups in total. The van der Waals surface area contributed by atoms with Crippen LogP contribution in [0.25, 0.3) is 11.0 Å². The van der Waals surface area contributed by atoms with Crippen molar-refractivity contribution < 1.29 is 4.79 Å². The molecule has 3 aromatic rings. The number of fused-ring (bicyclic) bond motifs is 1. The Bertz CT molecular complexity index is 887. The van der Waals surface area contributed by atoms with E-state index in [0.29, 0.717) is 10.8 Å². The van der Waals surface area contributed by atoms with E-state index in [-0.39, 0.29) is 12.3 Å². The number of hydrogen-bond acceptors (Lipinski definition) is 5. The summed E-state index contributed by atoms with van der Waals surface area (Å²) in [7, 11) is 1.99. The van der Waals surface area contributed by atoms with Gasteiger partial charge < -0.3 is 10.3 Å². The van der Waals surface area contributed by atoms with Gasteiger partial charge in [0.05, 0.1) is 28.9 Å². The first-order valence-electron chi connectivity index (χ1n) is 6.92. The van der Waals surface area contributed by atoms with E-state index in [1.165, 1.54) is 11.3 Å². The van der Waals surface area contributed by atoms with Crippen LogP contribution in [0.1, 0.15) is 16.4 Å². The zero-order chi connectivity index (χ0) is 16.6. The normalized spacial score (nSPS) is 11.3. The van der Waals surface area contributed by atoms with Crippen molar-refractivity contribution in [2.75, 3.05) is 0 Å². The Balaban J connectivity index is 1.78. The Kier molecular flexibility index (Phi) is 4.61. The molecule has 1 aromatic carbocycles. The number of carbonyl (C=O) groups excluding carboxylic acids is 1. The maximum absolute atomic E-state index is 11.1. The standard InChI is InChI=1S/C15H15ClN4OS2/c1-8-12(6-13(17)21)23-15(18-8)22-7-14-19-10-5-9(16)3-4-11(10)20(14)2/h3-5H,6-7H2,1-2H3,(H2,17,21). The molecule has 0 saturated carbocycles. The number of nitrogens with two attached hydrogens (primary N) is 1. The van der Waals surface area contributed by atoms with E-state index < -0.39 is 0 Å². The van der Waals surface area contributed by atoms with Crippen LogP contribution in [0.3, 0.4) is 0 Å². The molecule has 0 bridgehead atoms. The van der Waals surface area contributed by atoms with Gasteiger partial charge in [-0.05, 0) is 25.1 Å². The molecule has 5 nitrogen and oxygen atoms in total. The number of thiazole rings is 1. The van der Waals surface area contributed by atoms with Gasteiger partial charge in [-0.25, -0.2) is 9.97 Å². The summed E-state index contributed by atoms with van der Waals surface area (Å²) in [6, 6.07) is 5.70. The van der Waals surface area contributed by atoms with Gasteiger partial charge in [-0.15, -0.1) is 11.3 Å². The molecule has 2 aromatic heterocycles. The van der Waals surface area contributed by atoms with Crippen molar-refractivity contribution in [2.45, 2.75) is 23.4 Å². The molecule has 120 valence electrons. The van der Waals surface area contributed by atoms with Crippen molar-refractivity contribution in [2.24, 2.45) is 12.8 Å². The molecule has 3 rings (SSSR count). The number of nitrogens with zero attached hydrogens (tertiary/aromatic N) is 3. The SMILES string of the molecule is Cc1nc(SCc2nc3cc(Cl)ccc3n2C)sc1CC(N)=O. The van der Waals surface area contributed by atoms with Crippen LogP contribution < -0.4 is 5.73 Å². The number of aromatic nitrogens is 3. The molecule has 0 radical (unpaired) electrons. The van der Waals surface area contributed by atoms with Crippen molar-refractivity contribution in [3.8, 4) is 0 Å². The minimum atomic E-state index is -0.333. The highest BCUT2D eigenvalue weighted by molar-refractivity contribution is 8.00. The van der Waals surface area contributed by atoms with Gasteiger partial charge in [-0.2, -0.15) is 0 Å². The zero-order valence-electron chi connectivity index (χ0n) is 12.7. The molecule has 0 fully saturated rings. The zero-order valence-corrected chi connectivity index (χ0v) is 15.1. The van der Waals surface area contributed by atoms with Gasteiger partial charge in [0.25, 0.3) is 0 Å². The van der Waals surface area contributed by atoms with Crippen LogP contribution in [0, 0.1) is 6.92 Å². The molecule has 0 spiro atoms. The predicted molar refractivity (Wildman–Crippen MR) is 95.0 cm³/mol. The Morgan fingerprint density at radius 3 is 2.96 bits per heavy atom. The first-order valence-corrected chi connectivity index (χ1v) is 9.10. The van der Waals surface area contributed by atoms with Crippen molar-refractivity contribution in [3.05, 3.63) is 39.6 Å². The first kappa shape index (κ1) is 16.3. The maximum Gasteiger partial charge on any atom is 0.222 e. The fourth-order valence-corrected chi connectivity index (χ4v) is 4.66. The van der Waals surface area contributed by atoms with Gasteiger partial charge in [0.1, 0.15) is 5.82 Å². The molecule has 0 aliphatic rings. The molecule has 1 amide bonds. The summed E-state index contributed by atoms with van der Waals surface area (Å²) < 4.78 is 2.98. The molecule has 23 heavy (non-hydrogen) atoms. The summed E-state index contributed by atoms with van der Waals surface area (Å²) in [5.41, 5.74) is 8.06. The lowest BCUT2D eigenvalue weighted by Gasteiger charge is -2.00. The average Bonchev–Trinajstić information content (AvgIpc) is 2.97. The highest BCUT2D eigenvalue weighted by atomic mass is 35.5. The van der Waals surface area contributed by atoms with Gasteiger partial charge in [-0.1, -0.05) is 23.4 Å². The molecule has 8 heteroatoms. The Morgan fingerprint density at radius 1 is 1.43 bits per heavy atom. The van der Waals surface area contributed by atoms with Crippen LogP contribution in [-0.2, 0) is 24.0 Å². The summed E-state index contributed by atoms with van der Waals surface area (Å²) in [5.74, 6) is 1.32. The van der Waals surface area contributed by atoms with Crippen LogP contribution in [0.4, 0.5) is 0 Å². The van der Waals surface area contributed by atoms with Crippen molar-refractivity contribution in [3.63, 3.8) is 0 Å². The van der Waals surface area contributed by atoms with Gasteiger partial charge in [0.2, 0.25) is 5.91 Å². The van der Waals surface area contributed by atoms with Crippen LogP contribution in [-0.4, -0.2) is 20.4 Å². The smallest absolute Gasteiger partial charge is 0.222 e. The molecule has 0 aliphatic heterocycles. The number of thioether (sulfide) groups is 1. The summed E-state index contributed by atoms with van der Waals surface area (Å²) in [4.78, 5) is 21.1. The lowest BCUT2D eigenvalue weighted by Crippen LogP contribution is -2.13. The summed E-state index contributed by atoms with van der Waals surface area (Å²) in [5, 5.41) is 0.682. The van der Waals surface area contributed by atoms with Crippen LogP contribution in [0.5, 0.6) is 0 Å². The lowest BCUT2D eigenvalue weighted by molar-refractivity contribution is -0.117. The van der Waals surface area contributed by atoms with Crippen LogP contribution >= 0.6 is 34.7 Å². The van der Waals surface area contributed by atoms with Crippen LogP contribution in [0.2, 0.25) is 5.02 Å². The van der Waals surface area contributed by atoms with E-state index in [1.54, 1.807) is 11.8 Å². The minimum Gasteiger partial charge on any atom is -0.369 e. The van der Waals surface area contributed by atoms with Gasteiger partial charge in [0.15, 0.2) is 4.34 Å². The number of aryl methyl sites for hydroxylation is 2. The summed E-state index contributed by atoms with van der Waals surface area (Å²) in [6.07, 6.45) is 0.245. The number of carbonyl (C=O) groups is 1. The summed E-state index contributed by atoms with van der Waals surface area (Å²) >= 11 is 9.14. The second kappa shape index (κ2) is 6.51. The fraction of sp³-hybridized carbons (Fsp3) is 0.267. The van der Waals surface area contributed by atoms with E-state index in [1.807, 2.05) is 32.2 Å². The molecule has 0 atom stereocenters. The van der Waals surface area contributed by atoms with Gasteiger partial charge in [0, 0.05) is 16.9 Å². The van der Waals surface area contributed by atoms with Gasteiger partial charge in [-0.3, -0.25) is 4.79 Å². The summed E-state index contributed by atoms with van der Waals surface area (Å²) in [6.45, 7) is 1.90. The monoisotopic (exact) mass is 366 g/mol. The third-order valence-corrected chi connectivity index (χ3v) is 6.00. The second-order valence-corrected chi connectivity index (χ2v) is 7.88. The first-order chi connectivity index (χ1) is 10.9. The fourth-order valence-electron chi connectivity index (χ4n) is 2.26. The molecule has 0 aliphatic carbocycles. The van der Waals surface area contributed by atoms with Crippen molar-refractivity contribution >= 4 is 51.6 Å². The number of hydrogen-bond donors (Lipinski definition) is 1. The number of rotatable bonds is 5. The largest absolute Gasteiger partial charge is 0.369 e. The van der Waals surface area contributed by atoms with Crippen molar-refractivity contribution in [1.29, 1.82) is 0 Å². The minimum absolute atomic E-state index is 0.245. The van der Waals surface area contributed by atoms with Crippen LogP contribution in [0.15, 0.2) is 22.5 Å². The lowest BCUT2D eigenvalue weighted by atomic mass is 10.3. The second-order valence-electron chi connectivity index (χ2n) is 5.14. The number of benzene rings is 1. The molecular weight excluding hydrogens is 352 g/mol. The average molecular weight is 367 g/mol. The molecule has 2 heterocycles. The molecule has 0 unspecified atom stereocenters. The quantitative estimate of drug-likeness (QED) is 0.703. The van der Waals surface area contributed by atoms with E-state index in [4.69, 9.17) is 17.3 Å². The van der Waals surface area contributed by atoms with E-state index in [2.05, 4.69) is 14.5 Å². The number of amides is 1. The molecule has 0 saturated heterocycles. The predicted octanol–water partition coefficient (Wildman–Crippen LogP) is 3.31. The van der Waals surface area contributed by atoms with E-state index in [9.17, 15) is 4.79 Å². The molecular formula is C15H15ClN4OS2. The number of imidazole rings is 1. The van der Waals surface area contributed by atoms with E-state index >= 15 is 0 Å². The third-order valence-electron chi connectivity index (χ3n) is 3.47. The van der Waals surface area contributed by atoms with Crippen molar-refractivity contribution in [1.82, 2.24) is 14.5 Å². The Hall–Kier alpha value is -1.57. The third kappa shape index (κ3) is 3.52. The van der Waals surface area contributed by atoms with Gasteiger partial charge >= 0.3 is 0 Å². The maximum atomic E-state index is 11.1. The Morgan fingerprint density at radius 2 is 2.22 bits per heavy atom. The Labute approximate surface area is 146 Å². The highest BCUT2D eigenvalue weighted by Crippen LogP contribution is 2.30. The number of primary amides is 1. The highest BCUT2D eigenvalue weighted by Gasteiger charge is 2.13. The number of halogens is 1. The van der Waals surface area contributed by atoms with E-state index in [0.717, 1.165) is 31.8 Å². The topological polar surface area (TPSA) is 73.8 Å².